The molecular formula is C12H17NO3. The summed E-state index contributed by atoms with van der Waals surface area (Å²) >= 11 is 0. The van der Waals surface area contributed by atoms with Crippen molar-refractivity contribution in [1.29, 1.82) is 0 Å². The second-order valence-corrected chi connectivity index (χ2v) is 4.14. The average Bonchev–Trinajstić information content (AvgIpc) is 2.69. The zero-order valence-electron chi connectivity index (χ0n) is 9.48. The summed E-state index contributed by atoms with van der Waals surface area (Å²) in [5.74, 6) is 0.651. The number of aliphatic carboxylic acids is 1. The minimum Gasteiger partial charge on any atom is -0.480 e. The summed E-state index contributed by atoms with van der Waals surface area (Å²) in [7, 11) is 0. The van der Waals surface area contributed by atoms with E-state index in [1.807, 2.05) is 4.90 Å². The van der Waals surface area contributed by atoms with E-state index in [0.29, 0.717) is 13.0 Å². The molecule has 0 radical (unpaired) electrons. The molecule has 0 amide bonds. The molecular weight excluding hydrogens is 206 g/mol. The molecule has 1 fully saturated rings. The van der Waals surface area contributed by atoms with Crippen LogP contribution in [0.1, 0.15) is 26.2 Å². The molecule has 1 aliphatic rings. The van der Waals surface area contributed by atoms with E-state index in [4.69, 9.17) is 11.5 Å². The fraction of sp³-hybridized carbons (Fsp3) is 0.667. The van der Waals surface area contributed by atoms with Gasteiger partial charge in [-0.1, -0.05) is 13.3 Å². The number of Topliss-reactive ketones (excluding diaryl/α,β-unsaturated/α-hetero) is 1. The van der Waals surface area contributed by atoms with Crippen LogP contribution in [0, 0.1) is 18.3 Å². The van der Waals surface area contributed by atoms with Gasteiger partial charge in [0.15, 0.2) is 0 Å². The summed E-state index contributed by atoms with van der Waals surface area (Å²) in [6.45, 7) is 3.26. The maximum Gasteiger partial charge on any atom is 0.320 e. The fourth-order valence-electron chi connectivity index (χ4n) is 2.08. The Balaban J connectivity index is 2.65. The number of carbonyl (C=O) groups excluding carboxylic acids is 1. The van der Waals surface area contributed by atoms with Crippen LogP contribution in [0.5, 0.6) is 0 Å². The van der Waals surface area contributed by atoms with Crippen LogP contribution in [-0.2, 0) is 9.59 Å². The predicted octanol–water partition coefficient (Wildman–Crippen LogP) is 0.764. The minimum atomic E-state index is -0.858. The van der Waals surface area contributed by atoms with E-state index >= 15 is 0 Å². The fourth-order valence-corrected chi connectivity index (χ4v) is 2.08. The first-order chi connectivity index (χ1) is 7.60. The Morgan fingerprint density at radius 1 is 1.56 bits per heavy atom. The molecule has 4 nitrogen and oxygen atoms in total. The third-order valence-electron chi connectivity index (χ3n) is 3.00. The molecule has 0 aliphatic carbocycles. The summed E-state index contributed by atoms with van der Waals surface area (Å²) in [5.41, 5.74) is 0. The first-order valence-corrected chi connectivity index (χ1v) is 5.57. The van der Waals surface area contributed by atoms with E-state index in [9.17, 15) is 9.59 Å². The van der Waals surface area contributed by atoms with Crippen molar-refractivity contribution in [3.8, 4) is 12.3 Å². The SMILES string of the molecule is C#CC(=O)C1CC(C(=O)O)N(CCCC)C1. The summed E-state index contributed by atoms with van der Waals surface area (Å²) in [5, 5.41) is 9.05. The van der Waals surface area contributed by atoms with Crippen LogP contribution in [0.4, 0.5) is 0 Å². The zero-order chi connectivity index (χ0) is 12.1. The van der Waals surface area contributed by atoms with Gasteiger partial charge < -0.3 is 5.11 Å². The lowest BCUT2D eigenvalue weighted by atomic mass is 10.0. The standard InChI is InChI=1S/C12H17NO3/c1-3-5-6-13-8-9(11(14)4-2)7-10(13)12(15)16/h2,9-10H,3,5-8H2,1H3,(H,15,16). The number of terminal acetylenes is 1. The van der Waals surface area contributed by atoms with Gasteiger partial charge in [-0.3, -0.25) is 14.5 Å². The van der Waals surface area contributed by atoms with Crippen LogP contribution < -0.4 is 0 Å². The maximum atomic E-state index is 11.3. The molecule has 0 spiro atoms. The highest BCUT2D eigenvalue weighted by molar-refractivity contribution is 5.97. The lowest BCUT2D eigenvalue weighted by Gasteiger charge is -2.20. The number of nitrogens with zero attached hydrogens (tertiary/aromatic N) is 1. The molecule has 88 valence electrons. The quantitative estimate of drug-likeness (QED) is 0.552. The highest BCUT2D eigenvalue weighted by atomic mass is 16.4. The van der Waals surface area contributed by atoms with Gasteiger partial charge in [0.05, 0.1) is 0 Å². The average molecular weight is 223 g/mol. The number of hydrogen-bond donors (Lipinski definition) is 1. The van der Waals surface area contributed by atoms with Crippen molar-refractivity contribution >= 4 is 11.8 Å². The molecule has 0 aromatic rings. The molecule has 1 rings (SSSR count). The molecule has 1 aliphatic heterocycles. The predicted molar refractivity (Wildman–Crippen MR) is 59.9 cm³/mol. The topological polar surface area (TPSA) is 57.6 Å². The normalized spacial score (nSPS) is 25.2. The van der Waals surface area contributed by atoms with Gasteiger partial charge in [0.1, 0.15) is 6.04 Å². The van der Waals surface area contributed by atoms with Crippen molar-refractivity contribution in [1.82, 2.24) is 4.90 Å². The van der Waals surface area contributed by atoms with Crippen molar-refractivity contribution in [3.63, 3.8) is 0 Å². The number of ketones is 1. The Kier molecular flexibility index (Phi) is 4.51. The summed E-state index contributed by atoms with van der Waals surface area (Å²) < 4.78 is 0. The van der Waals surface area contributed by atoms with Gasteiger partial charge in [0.2, 0.25) is 5.78 Å². The van der Waals surface area contributed by atoms with Crippen LogP contribution >= 0.6 is 0 Å². The summed E-state index contributed by atoms with van der Waals surface area (Å²) in [6.07, 6.45) is 7.36. The van der Waals surface area contributed by atoms with Crippen molar-refractivity contribution in [2.75, 3.05) is 13.1 Å². The van der Waals surface area contributed by atoms with Crippen molar-refractivity contribution in [2.24, 2.45) is 5.92 Å². The van der Waals surface area contributed by atoms with E-state index in [-0.39, 0.29) is 11.7 Å². The third kappa shape index (κ3) is 2.83. The van der Waals surface area contributed by atoms with E-state index in [1.165, 1.54) is 0 Å². The lowest BCUT2D eigenvalue weighted by Crippen LogP contribution is -2.36. The van der Waals surface area contributed by atoms with Crippen LogP contribution in [0.15, 0.2) is 0 Å². The molecule has 2 atom stereocenters. The highest BCUT2D eigenvalue weighted by Gasteiger charge is 2.38. The number of unbranched alkanes of at least 4 members (excludes halogenated alkanes) is 1. The molecule has 0 saturated carbocycles. The van der Waals surface area contributed by atoms with Gasteiger partial charge in [-0.05, 0) is 25.3 Å². The number of likely N-dealkylation sites (tertiary alicyclic amines) is 1. The van der Waals surface area contributed by atoms with E-state index in [2.05, 4.69) is 12.8 Å². The Labute approximate surface area is 95.6 Å². The number of rotatable bonds is 5. The largest absolute Gasteiger partial charge is 0.480 e. The van der Waals surface area contributed by atoms with Crippen LogP contribution in [-0.4, -0.2) is 40.9 Å². The minimum absolute atomic E-state index is 0.273. The first-order valence-electron chi connectivity index (χ1n) is 5.57. The Hall–Kier alpha value is -1.34. The highest BCUT2D eigenvalue weighted by Crippen LogP contribution is 2.24. The van der Waals surface area contributed by atoms with Gasteiger partial charge >= 0.3 is 5.97 Å². The number of carbonyl (C=O) groups is 2. The molecule has 4 heteroatoms. The molecule has 1 heterocycles. The summed E-state index contributed by atoms with van der Waals surface area (Å²) in [6, 6.07) is -0.547. The maximum absolute atomic E-state index is 11.3. The van der Waals surface area contributed by atoms with Gasteiger partial charge in [-0.2, -0.15) is 0 Å². The second kappa shape index (κ2) is 5.66. The molecule has 1 saturated heterocycles. The van der Waals surface area contributed by atoms with Crippen LogP contribution in [0.25, 0.3) is 0 Å². The molecule has 2 unspecified atom stereocenters. The zero-order valence-corrected chi connectivity index (χ0v) is 9.48. The van der Waals surface area contributed by atoms with Crippen molar-refractivity contribution in [2.45, 2.75) is 32.2 Å². The van der Waals surface area contributed by atoms with Gasteiger partial charge in [0.25, 0.3) is 0 Å². The monoisotopic (exact) mass is 223 g/mol. The summed E-state index contributed by atoms with van der Waals surface area (Å²) in [4.78, 5) is 24.2. The van der Waals surface area contributed by atoms with Crippen molar-refractivity contribution < 1.29 is 14.7 Å². The molecule has 0 bridgehead atoms. The van der Waals surface area contributed by atoms with E-state index in [0.717, 1.165) is 19.4 Å². The Bertz CT molecular complexity index is 319. The van der Waals surface area contributed by atoms with Gasteiger partial charge in [-0.25, -0.2) is 0 Å². The Morgan fingerprint density at radius 2 is 2.25 bits per heavy atom. The smallest absolute Gasteiger partial charge is 0.320 e. The van der Waals surface area contributed by atoms with Gasteiger partial charge in [-0.15, -0.1) is 6.42 Å². The second-order valence-electron chi connectivity index (χ2n) is 4.14. The molecule has 1 N–H and O–H groups in total. The number of hydrogen-bond acceptors (Lipinski definition) is 3. The molecule has 16 heavy (non-hydrogen) atoms. The van der Waals surface area contributed by atoms with Gasteiger partial charge in [0, 0.05) is 12.5 Å². The van der Waals surface area contributed by atoms with E-state index < -0.39 is 12.0 Å². The molecule has 0 aromatic heterocycles. The first kappa shape index (κ1) is 12.7. The lowest BCUT2D eigenvalue weighted by molar-refractivity contribution is -0.142. The number of carboxylic acids is 1. The third-order valence-corrected chi connectivity index (χ3v) is 3.00. The number of carboxylic acid groups (broad SMARTS) is 1. The van der Waals surface area contributed by atoms with E-state index in [1.54, 1.807) is 0 Å². The van der Waals surface area contributed by atoms with Crippen molar-refractivity contribution in [3.05, 3.63) is 0 Å². The molecule has 0 aromatic carbocycles. The van der Waals surface area contributed by atoms with Crippen LogP contribution in [0.3, 0.4) is 0 Å². The Morgan fingerprint density at radius 3 is 2.75 bits per heavy atom. The van der Waals surface area contributed by atoms with Crippen LogP contribution in [0.2, 0.25) is 0 Å².